The van der Waals surface area contributed by atoms with Gasteiger partial charge >= 0.3 is 0 Å². The number of carbonyl (C=O) groups is 1. The number of thiophene rings is 1. The number of carbonyl (C=O) groups excluding carboxylic acids is 1. The standard InChI is InChI=1S/C25H32N4O2S/c1-17-20-22(30)27-19(15-18-11-7-6-8-12-18)28-24(20)32-21(17)23(31)26-16-25(29(2)3)13-9-4-5-10-14-25/h6-8,11-12H,4-5,9-10,13-16H2,1-3H3,(H,26,31)(H,27,28,30). The van der Waals surface area contributed by atoms with E-state index in [0.29, 0.717) is 39.4 Å². The molecule has 0 aliphatic heterocycles. The molecule has 2 aromatic heterocycles. The number of nitrogens with zero attached hydrogens (tertiary/aromatic N) is 2. The normalized spacial score (nSPS) is 16.2. The SMILES string of the molecule is Cc1c(C(=O)NCC2(N(C)C)CCCCCC2)sc2nc(Cc3ccccc3)[nH]c(=O)c12. The number of nitrogens with one attached hydrogen (secondary N) is 2. The van der Waals surface area contributed by atoms with Gasteiger partial charge in [-0.1, -0.05) is 56.0 Å². The number of aromatic amines is 1. The minimum absolute atomic E-state index is 0.00464. The molecule has 1 saturated carbocycles. The zero-order chi connectivity index (χ0) is 22.7. The van der Waals surface area contributed by atoms with Crippen molar-refractivity contribution in [1.82, 2.24) is 20.2 Å². The quantitative estimate of drug-likeness (QED) is 0.548. The van der Waals surface area contributed by atoms with Gasteiger partial charge in [-0.25, -0.2) is 4.98 Å². The van der Waals surface area contributed by atoms with Crippen molar-refractivity contribution in [2.75, 3.05) is 20.6 Å². The zero-order valence-corrected chi connectivity index (χ0v) is 20.0. The molecule has 1 aliphatic rings. The van der Waals surface area contributed by atoms with E-state index in [1.165, 1.54) is 37.0 Å². The van der Waals surface area contributed by atoms with Gasteiger partial charge in [-0.2, -0.15) is 0 Å². The van der Waals surface area contributed by atoms with Gasteiger partial charge in [0.1, 0.15) is 10.7 Å². The monoisotopic (exact) mass is 452 g/mol. The van der Waals surface area contributed by atoms with Crippen molar-refractivity contribution < 1.29 is 4.79 Å². The van der Waals surface area contributed by atoms with Crippen LogP contribution in [-0.4, -0.2) is 47.0 Å². The maximum absolute atomic E-state index is 13.2. The minimum atomic E-state index is -0.178. The molecule has 6 nitrogen and oxygen atoms in total. The van der Waals surface area contributed by atoms with Crippen molar-refractivity contribution in [2.24, 2.45) is 0 Å². The summed E-state index contributed by atoms with van der Waals surface area (Å²) in [5, 5.41) is 3.71. The van der Waals surface area contributed by atoms with E-state index in [9.17, 15) is 9.59 Å². The molecule has 4 rings (SSSR count). The minimum Gasteiger partial charge on any atom is -0.349 e. The molecular weight excluding hydrogens is 420 g/mol. The van der Waals surface area contributed by atoms with Crippen LogP contribution in [0.15, 0.2) is 35.1 Å². The third-order valence-electron chi connectivity index (χ3n) is 6.83. The summed E-state index contributed by atoms with van der Waals surface area (Å²) in [6.07, 6.45) is 7.65. The summed E-state index contributed by atoms with van der Waals surface area (Å²) >= 11 is 1.31. The molecule has 0 spiro atoms. The molecule has 0 bridgehead atoms. The van der Waals surface area contributed by atoms with Crippen LogP contribution in [0.3, 0.4) is 0 Å². The molecule has 0 saturated heterocycles. The third-order valence-corrected chi connectivity index (χ3v) is 8.02. The number of H-pyrrole nitrogens is 1. The van der Waals surface area contributed by atoms with E-state index in [4.69, 9.17) is 0 Å². The van der Waals surface area contributed by atoms with E-state index in [2.05, 4.69) is 34.3 Å². The lowest BCUT2D eigenvalue weighted by Crippen LogP contribution is -2.52. The molecule has 1 aliphatic carbocycles. The van der Waals surface area contributed by atoms with Crippen LogP contribution in [0.2, 0.25) is 0 Å². The van der Waals surface area contributed by atoms with E-state index >= 15 is 0 Å². The van der Waals surface area contributed by atoms with Gasteiger partial charge in [-0.3, -0.25) is 9.59 Å². The van der Waals surface area contributed by atoms with Gasteiger partial charge in [0.25, 0.3) is 11.5 Å². The van der Waals surface area contributed by atoms with Crippen LogP contribution in [0.1, 0.15) is 65.1 Å². The second-order valence-corrected chi connectivity index (χ2v) is 10.1. The predicted octanol–water partition coefficient (Wildman–Crippen LogP) is 4.27. The first-order valence-electron chi connectivity index (χ1n) is 11.4. The van der Waals surface area contributed by atoms with Crippen molar-refractivity contribution in [1.29, 1.82) is 0 Å². The summed E-state index contributed by atoms with van der Waals surface area (Å²) in [6.45, 7) is 2.46. The van der Waals surface area contributed by atoms with Crippen LogP contribution in [-0.2, 0) is 6.42 Å². The Kier molecular flexibility index (Phi) is 6.76. The molecule has 170 valence electrons. The highest BCUT2D eigenvalue weighted by atomic mass is 32.1. The van der Waals surface area contributed by atoms with Crippen LogP contribution in [0.25, 0.3) is 10.2 Å². The van der Waals surface area contributed by atoms with E-state index in [0.717, 1.165) is 18.4 Å². The number of rotatable bonds is 6. The Labute approximate surface area is 193 Å². The second kappa shape index (κ2) is 9.55. The molecule has 0 atom stereocenters. The number of benzene rings is 1. The van der Waals surface area contributed by atoms with Gasteiger partial charge in [0.05, 0.1) is 10.3 Å². The van der Waals surface area contributed by atoms with Crippen molar-refractivity contribution in [3.8, 4) is 0 Å². The Hall–Kier alpha value is -2.51. The maximum atomic E-state index is 13.2. The van der Waals surface area contributed by atoms with E-state index in [1.54, 1.807) is 0 Å². The first-order chi connectivity index (χ1) is 15.4. The predicted molar refractivity (Wildman–Crippen MR) is 131 cm³/mol. The van der Waals surface area contributed by atoms with Gasteiger partial charge in [0.2, 0.25) is 0 Å². The molecule has 1 aromatic carbocycles. The lowest BCUT2D eigenvalue weighted by Gasteiger charge is -2.39. The first-order valence-corrected chi connectivity index (χ1v) is 12.2. The molecule has 3 aromatic rings. The van der Waals surface area contributed by atoms with Crippen molar-refractivity contribution in [3.63, 3.8) is 0 Å². The van der Waals surface area contributed by atoms with Gasteiger partial charge in [-0.15, -0.1) is 11.3 Å². The van der Waals surface area contributed by atoms with Gasteiger partial charge < -0.3 is 15.2 Å². The molecule has 2 N–H and O–H groups in total. The van der Waals surface area contributed by atoms with Crippen molar-refractivity contribution >= 4 is 27.5 Å². The Balaban J connectivity index is 1.57. The molecule has 7 heteroatoms. The molecule has 1 amide bonds. The van der Waals surface area contributed by atoms with Crippen LogP contribution in [0.4, 0.5) is 0 Å². The first kappa shape index (κ1) is 22.7. The van der Waals surface area contributed by atoms with Crippen LogP contribution < -0.4 is 10.9 Å². The molecule has 1 fully saturated rings. The highest BCUT2D eigenvalue weighted by molar-refractivity contribution is 7.20. The Bertz CT molecular complexity index is 1140. The lowest BCUT2D eigenvalue weighted by atomic mass is 9.88. The highest BCUT2D eigenvalue weighted by Crippen LogP contribution is 2.31. The maximum Gasteiger partial charge on any atom is 0.261 e. The fourth-order valence-corrected chi connectivity index (χ4v) is 5.89. The summed E-state index contributed by atoms with van der Waals surface area (Å²) in [7, 11) is 4.22. The van der Waals surface area contributed by atoms with Gasteiger partial charge in [0.15, 0.2) is 0 Å². The summed E-state index contributed by atoms with van der Waals surface area (Å²) in [5.41, 5.74) is 1.61. The topological polar surface area (TPSA) is 78.1 Å². The Morgan fingerprint density at radius 3 is 2.50 bits per heavy atom. The number of fused-ring (bicyclic) bond motifs is 1. The number of hydrogen-bond acceptors (Lipinski definition) is 5. The number of amides is 1. The molecule has 0 radical (unpaired) electrons. The van der Waals surface area contributed by atoms with E-state index in [1.807, 2.05) is 37.3 Å². The number of likely N-dealkylation sites (N-methyl/N-ethyl adjacent to an activating group) is 1. The smallest absolute Gasteiger partial charge is 0.261 e. The average molecular weight is 453 g/mol. The fraction of sp³-hybridized carbons (Fsp3) is 0.480. The summed E-state index contributed by atoms with van der Waals surface area (Å²) in [4.78, 5) is 37.0. The molecule has 0 unspecified atom stereocenters. The second-order valence-electron chi connectivity index (χ2n) is 9.13. The molecule has 2 heterocycles. The van der Waals surface area contributed by atoms with Crippen LogP contribution in [0, 0.1) is 6.92 Å². The van der Waals surface area contributed by atoms with E-state index in [-0.39, 0.29) is 17.0 Å². The van der Waals surface area contributed by atoms with Crippen LogP contribution in [0.5, 0.6) is 0 Å². The highest BCUT2D eigenvalue weighted by Gasteiger charge is 2.34. The van der Waals surface area contributed by atoms with Gasteiger partial charge in [-0.05, 0) is 45.0 Å². The summed E-state index contributed by atoms with van der Waals surface area (Å²) in [6, 6.07) is 9.93. The zero-order valence-electron chi connectivity index (χ0n) is 19.2. The number of aryl methyl sites for hydroxylation is 1. The third kappa shape index (κ3) is 4.64. The molecule has 32 heavy (non-hydrogen) atoms. The number of hydrogen-bond donors (Lipinski definition) is 2. The fourth-order valence-electron chi connectivity index (χ4n) is 4.77. The Morgan fingerprint density at radius 2 is 1.84 bits per heavy atom. The van der Waals surface area contributed by atoms with Crippen molar-refractivity contribution in [2.45, 2.75) is 57.4 Å². The Morgan fingerprint density at radius 1 is 1.16 bits per heavy atom. The number of aromatic nitrogens is 2. The average Bonchev–Trinajstić information content (AvgIpc) is 2.95. The lowest BCUT2D eigenvalue weighted by molar-refractivity contribution is 0.0872. The van der Waals surface area contributed by atoms with Gasteiger partial charge in [0, 0.05) is 18.5 Å². The van der Waals surface area contributed by atoms with E-state index < -0.39 is 0 Å². The van der Waals surface area contributed by atoms with Crippen molar-refractivity contribution in [3.05, 3.63) is 62.5 Å². The van der Waals surface area contributed by atoms with Crippen LogP contribution >= 0.6 is 11.3 Å². The largest absolute Gasteiger partial charge is 0.349 e. The summed E-state index contributed by atoms with van der Waals surface area (Å²) < 4.78 is 0. The molecular formula is C25H32N4O2S. The summed E-state index contributed by atoms with van der Waals surface area (Å²) in [5.74, 6) is 0.506.